The average molecular weight is 364 g/mol. The van der Waals surface area contributed by atoms with E-state index in [1.54, 1.807) is 19.5 Å². The molecule has 26 heavy (non-hydrogen) atoms. The zero-order valence-corrected chi connectivity index (χ0v) is 15.3. The maximum Gasteiger partial charge on any atom is 0.174 e. The normalized spacial score (nSPS) is 10.2. The summed E-state index contributed by atoms with van der Waals surface area (Å²) in [6, 6.07) is 15.6. The Morgan fingerprint density at radius 1 is 0.962 bits per heavy atom. The van der Waals surface area contributed by atoms with Gasteiger partial charge in [-0.3, -0.25) is 9.97 Å². The van der Waals surface area contributed by atoms with Gasteiger partial charge in [-0.05, 0) is 47.6 Å². The number of thiocarbonyl (C=S) groups is 1. The number of hydrogen-bond acceptors (Lipinski definition) is 4. The van der Waals surface area contributed by atoms with Crippen molar-refractivity contribution in [3.8, 4) is 5.75 Å². The molecule has 0 aliphatic rings. The van der Waals surface area contributed by atoms with E-state index < -0.39 is 0 Å². The van der Waals surface area contributed by atoms with Gasteiger partial charge in [0.2, 0.25) is 0 Å². The summed E-state index contributed by atoms with van der Waals surface area (Å²) < 4.78 is 5.40. The second-order valence-electron chi connectivity index (χ2n) is 5.71. The minimum absolute atomic E-state index is 0.613. The van der Waals surface area contributed by atoms with Crippen molar-refractivity contribution in [1.29, 1.82) is 0 Å². The van der Waals surface area contributed by atoms with Gasteiger partial charge in [0.15, 0.2) is 5.11 Å². The Morgan fingerprint density at radius 2 is 1.58 bits per heavy atom. The number of aromatic nitrogens is 2. The van der Waals surface area contributed by atoms with Crippen LogP contribution in [0.4, 0.5) is 5.69 Å². The smallest absolute Gasteiger partial charge is 0.174 e. The van der Waals surface area contributed by atoms with E-state index in [0.717, 1.165) is 22.6 Å². The quantitative estimate of drug-likeness (QED) is 0.670. The molecular formula is C20H20N4OS. The van der Waals surface area contributed by atoms with Crippen LogP contribution in [-0.2, 0) is 13.1 Å². The molecule has 2 heterocycles. The van der Waals surface area contributed by atoms with Gasteiger partial charge in [-0.1, -0.05) is 24.3 Å². The van der Waals surface area contributed by atoms with Crippen molar-refractivity contribution >= 4 is 23.0 Å². The Morgan fingerprint density at radius 3 is 2.12 bits per heavy atom. The number of anilines is 1. The van der Waals surface area contributed by atoms with Crippen LogP contribution in [0.1, 0.15) is 11.1 Å². The Balaban J connectivity index is 1.80. The van der Waals surface area contributed by atoms with Crippen LogP contribution in [0.3, 0.4) is 0 Å². The van der Waals surface area contributed by atoms with Crippen LogP contribution in [0.5, 0.6) is 5.75 Å². The fourth-order valence-electron chi connectivity index (χ4n) is 2.57. The van der Waals surface area contributed by atoms with E-state index in [9.17, 15) is 0 Å². The van der Waals surface area contributed by atoms with Gasteiger partial charge in [-0.25, -0.2) is 0 Å². The molecule has 0 unspecified atom stereocenters. The molecule has 0 amide bonds. The minimum atomic E-state index is 0.613. The van der Waals surface area contributed by atoms with Crippen LogP contribution in [0, 0.1) is 0 Å². The highest BCUT2D eigenvalue weighted by Gasteiger charge is 2.13. The van der Waals surface area contributed by atoms with Crippen LogP contribution in [0.15, 0.2) is 73.3 Å². The summed E-state index contributed by atoms with van der Waals surface area (Å²) >= 11 is 5.68. The Bertz CT molecular complexity index is 801. The van der Waals surface area contributed by atoms with Crippen molar-refractivity contribution in [3.63, 3.8) is 0 Å². The summed E-state index contributed by atoms with van der Waals surface area (Å²) in [7, 11) is 1.65. The second kappa shape index (κ2) is 8.92. The van der Waals surface area contributed by atoms with Crippen LogP contribution in [0.25, 0.3) is 0 Å². The fourth-order valence-corrected chi connectivity index (χ4v) is 2.80. The zero-order valence-electron chi connectivity index (χ0n) is 14.5. The molecule has 2 aromatic heterocycles. The lowest BCUT2D eigenvalue weighted by molar-refractivity contribution is 0.408. The van der Waals surface area contributed by atoms with Gasteiger partial charge in [0.25, 0.3) is 0 Å². The van der Waals surface area contributed by atoms with Gasteiger partial charge in [0.1, 0.15) is 5.75 Å². The summed E-state index contributed by atoms with van der Waals surface area (Å²) in [5.74, 6) is 0.748. The van der Waals surface area contributed by atoms with Crippen LogP contribution < -0.4 is 10.1 Å². The molecule has 0 atom stereocenters. The third-order valence-electron chi connectivity index (χ3n) is 3.83. The van der Waals surface area contributed by atoms with Crippen molar-refractivity contribution in [2.75, 3.05) is 12.4 Å². The van der Waals surface area contributed by atoms with E-state index in [2.05, 4.69) is 20.2 Å². The third kappa shape index (κ3) is 4.77. The first-order valence-electron chi connectivity index (χ1n) is 8.23. The summed E-state index contributed by atoms with van der Waals surface area (Å²) in [5.41, 5.74) is 3.00. The average Bonchev–Trinajstić information content (AvgIpc) is 2.69. The number of nitrogens with one attached hydrogen (secondary N) is 1. The van der Waals surface area contributed by atoms with Crippen molar-refractivity contribution < 1.29 is 4.74 Å². The first-order chi connectivity index (χ1) is 12.8. The van der Waals surface area contributed by atoms with Crippen molar-refractivity contribution in [2.45, 2.75) is 13.1 Å². The summed E-state index contributed by atoms with van der Waals surface area (Å²) in [4.78, 5) is 10.5. The van der Waals surface area contributed by atoms with Crippen LogP contribution in [-0.4, -0.2) is 27.1 Å². The maximum atomic E-state index is 5.68. The number of pyridine rings is 2. The van der Waals surface area contributed by atoms with Gasteiger partial charge < -0.3 is 15.0 Å². The Labute approximate surface area is 158 Å². The van der Waals surface area contributed by atoms with E-state index in [1.165, 1.54) is 0 Å². The highest BCUT2D eigenvalue weighted by atomic mass is 32.1. The SMILES string of the molecule is COc1ccccc1NC(=S)N(Cc1cccnc1)Cc1cccnc1. The van der Waals surface area contributed by atoms with Crippen molar-refractivity contribution in [1.82, 2.24) is 14.9 Å². The highest BCUT2D eigenvalue weighted by molar-refractivity contribution is 7.80. The number of para-hydroxylation sites is 2. The molecule has 1 N–H and O–H groups in total. The van der Waals surface area contributed by atoms with E-state index in [4.69, 9.17) is 17.0 Å². The van der Waals surface area contributed by atoms with Crippen molar-refractivity contribution in [3.05, 3.63) is 84.4 Å². The summed E-state index contributed by atoms with van der Waals surface area (Å²) in [6.45, 7) is 1.29. The molecule has 5 nitrogen and oxygen atoms in total. The molecule has 0 spiro atoms. The molecule has 0 fully saturated rings. The molecule has 0 saturated heterocycles. The summed E-state index contributed by atoms with van der Waals surface area (Å²) in [5, 5.41) is 3.91. The van der Waals surface area contributed by atoms with Gasteiger partial charge in [0, 0.05) is 37.9 Å². The number of methoxy groups -OCH3 is 1. The molecule has 0 radical (unpaired) electrons. The zero-order chi connectivity index (χ0) is 18.2. The van der Waals surface area contributed by atoms with E-state index >= 15 is 0 Å². The minimum Gasteiger partial charge on any atom is -0.495 e. The van der Waals surface area contributed by atoms with Crippen LogP contribution in [0.2, 0.25) is 0 Å². The number of hydrogen-bond donors (Lipinski definition) is 1. The lowest BCUT2D eigenvalue weighted by Gasteiger charge is -2.26. The number of rotatable bonds is 6. The van der Waals surface area contributed by atoms with Gasteiger partial charge >= 0.3 is 0 Å². The van der Waals surface area contributed by atoms with Crippen molar-refractivity contribution in [2.24, 2.45) is 0 Å². The largest absolute Gasteiger partial charge is 0.495 e. The molecule has 1 aromatic carbocycles. The van der Waals surface area contributed by atoms with E-state index in [1.807, 2.05) is 60.9 Å². The van der Waals surface area contributed by atoms with Crippen LogP contribution >= 0.6 is 12.2 Å². The predicted octanol–water partition coefficient (Wildman–Crippen LogP) is 3.88. The van der Waals surface area contributed by atoms with E-state index in [0.29, 0.717) is 18.2 Å². The summed E-state index contributed by atoms with van der Waals surface area (Å²) in [6.07, 6.45) is 7.23. The fraction of sp³-hybridized carbons (Fsp3) is 0.150. The molecule has 3 aromatic rings. The molecule has 132 valence electrons. The molecule has 0 aliphatic carbocycles. The molecule has 3 rings (SSSR count). The number of ether oxygens (including phenoxy) is 1. The lowest BCUT2D eigenvalue weighted by atomic mass is 10.2. The van der Waals surface area contributed by atoms with Gasteiger partial charge in [-0.2, -0.15) is 0 Å². The molecular weight excluding hydrogens is 344 g/mol. The molecule has 0 saturated carbocycles. The number of nitrogens with zero attached hydrogens (tertiary/aromatic N) is 3. The monoisotopic (exact) mass is 364 g/mol. The van der Waals surface area contributed by atoms with E-state index in [-0.39, 0.29) is 0 Å². The molecule has 0 bridgehead atoms. The first-order valence-corrected chi connectivity index (χ1v) is 8.64. The highest BCUT2D eigenvalue weighted by Crippen LogP contribution is 2.24. The van der Waals surface area contributed by atoms with Gasteiger partial charge in [-0.15, -0.1) is 0 Å². The third-order valence-corrected chi connectivity index (χ3v) is 4.19. The predicted molar refractivity (Wildman–Crippen MR) is 107 cm³/mol. The second-order valence-corrected chi connectivity index (χ2v) is 6.10. The standard InChI is InChI=1S/C20H20N4OS/c1-25-19-9-3-2-8-18(19)23-20(26)24(14-16-6-4-10-21-12-16)15-17-7-5-11-22-13-17/h2-13H,14-15H2,1H3,(H,23,26). The lowest BCUT2D eigenvalue weighted by Crippen LogP contribution is -2.34. The molecule has 0 aliphatic heterocycles. The molecule has 6 heteroatoms. The first kappa shape index (κ1) is 17.8. The number of benzene rings is 1. The Kier molecular flexibility index (Phi) is 6.11. The Hall–Kier alpha value is -2.99. The van der Waals surface area contributed by atoms with Gasteiger partial charge in [0.05, 0.1) is 12.8 Å². The maximum absolute atomic E-state index is 5.68. The topological polar surface area (TPSA) is 50.3 Å².